The molecule has 0 unspecified atom stereocenters. The lowest BCUT2D eigenvalue weighted by atomic mass is 9.98. The summed E-state index contributed by atoms with van der Waals surface area (Å²) in [6, 6.07) is -14.5. The number of unbranched alkanes of at least 4 members (excludes halogenated alkanes) is 2. The third-order valence-electron chi connectivity index (χ3n) is 14.8. The van der Waals surface area contributed by atoms with Crippen LogP contribution in [-0.2, 0) is 67.1 Å². The van der Waals surface area contributed by atoms with E-state index < -0.39 is 206 Å². The zero-order valence-corrected chi connectivity index (χ0v) is 51.4. The van der Waals surface area contributed by atoms with Crippen molar-refractivity contribution in [2.75, 3.05) is 52.5 Å². The Morgan fingerprint density at radius 1 is 0.477 bits per heavy atom. The maximum Gasteiger partial charge on any atom is 0.326 e. The Morgan fingerprint density at radius 3 is 1.43 bits per heavy atom. The molecular formula is C55H95N15O18. The number of rotatable bonds is 39. The highest BCUT2D eigenvalue weighted by atomic mass is 16.4. The SMILES string of the molecule is CC(C)[C@H](NC(=O)[C@H](CO)NC(=O)[C@H](C)NC(=O)CNC(=O)[C@@H]1CCCN1C(=O)[C@H](CCCCN)NC(=O)[C@@H](NC(=O)[C@@H](NC(=O)[C@H](CCC(=O)O)NC(=O)[C@@H]1CCCN1C(=O)CNC(=O)[C@@H](N)CO)C(C)C)C(C)C)C(=O)N[C@@H](CCCCN)C(=O)O. The highest BCUT2D eigenvalue weighted by Gasteiger charge is 2.41. The highest BCUT2D eigenvalue weighted by molar-refractivity contribution is 5.99. The quantitative estimate of drug-likeness (QED) is 0.0255. The summed E-state index contributed by atoms with van der Waals surface area (Å²) in [7, 11) is 0. The van der Waals surface area contributed by atoms with Gasteiger partial charge in [0, 0.05) is 19.5 Å². The number of amides is 12. The van der Waals surface area contributed by atoms with E-state index in [1.54, 1.807) is 41.5 Å². The second kappa shape index (κ2) is 38.6. The summed E-state index contributed by atoms with van der Waals surface area (Å²) in [5, 5.41) is 62.9. The van der Waals surface area contributed by atoms with Crippen LogP contribution in [0.1, 0.15) is 126 Å². The Balaban J connectivity index is 2.16. The average molecular weight is 1250 g/mol. The van der Waals surface area contributed by atoms with Crippen molar-refractivity contribution < 1.29 is 87.5 Å². The third kappa shape index (κ3) is 24.9. The van der Waals surface area contributed by atoms with Gasteiger partial charge in [-0.3, -0.25) is 62.3 Å². The molecule has 0 radical (unpaired) electrons. The van der Waals surface area contributed by atoms with Crippen LogP contribution < -0.4 is 70.4 Å². The predicted molar refractivity (Wildman–Crippen MR) is 314 cm³/mol. The van der Waals surface area contributed by atoms with Gasteiger partial charge in [-0.2, -0.15) is 0 Å². The minimum absolute atomic E-state index is 0.0557. The Morgan fingerprint density at radius 2 is 0.943 bits per heavy atom. The van der Waals surface area contributed by atoms with Gasteiger partial charge in [0.1, 0.15) is 66.5 Å². The molecule has 33 heteroatoms. The molecular weight excluding hydrogens is 1160 g/mol. The number of nitrogens with one attached hydrogen (secondary N) is 10. The number of hydrogen-bond acceptors (Lipinski definition) is 19. The first-order valence-corrected chi connectivity index (χ1v) is 29.8. The van der Waals surface area contributed by atoms with Gasteiger partial charge in [0.05, 0.1) is 26.3 Å². The van der Waals surface area contributed by atoms with Gasteiger partial charge in [0.15, 0.2) is 0 Å². The van der Waals surface area contributed by atoms with E-state index in [0.717, 1.165) is 0 Å². The number of aliphatic hydroxyl groups is 2. The van der Waals surface area contributed by atoms with E-state index in [-0.39, 0.29) is 45.3 Å². The van der Waals surface area contributed by atoms with Crippen molar-refractivity contribution >= 4 is 82.8 Å². The third-order valence-corrected chi connectivity index (χ3v) is 14.8. The van der Waals surface area contributed by atoms with Crippen LogP contribution in [0, 0.1) is 17.8 Å². The minimum atomic E-state index is -1.61. The number of likely N-dealkylation sites (tertiary alicyclic amines) is 2. The predicted octanol–water partition coefficient (Wildman–Crippen LogP) is -6.41. The van der Waals surface area contributed by atoms with Crippen LogP contribution in [0.3, 0.4) is 0 Å². The topological polar surface area (TPSA) is 525 Å². The van der Waals surface area contributed by atoms with Crippen molar-refractivity contribution in [2.45, 2.75) is 192 Å². The second-order valence-corrected chi connectivity index (χ2v) is 22.9. The van der Waals surface area contributed by atoms with Crippen molar-refractivity contribution in [1.29, 1.82) is 0 Å². The number of aliphatic hydroxyl groups excluding tert-OH is 2. The number of aliphatic carboxylic acids is 2. The fourth-order valence-electron chi connectivity index (χ4n) is 9.64. The molecule has 20 N–H and O–H groups in total. The number of carboxylic acid groups (broad SMARTS) is 2. The molecule has 12 amide bonds. The molecule has 33 nitrogen and oxygen atoms in total. The molecule has 498 valence electrons. The van der Waals surface area contributed by atoms with Crippen LogP contribution in [0.15, 0.2) is 0 Å². The van der Waals surface area contributed by atoms with Gasteiger partial charge >= 0.3 is 11.9 Å². The minimum Gasteiger partial charge on any atom is -0.481 e. The van der Waals surface area contributed by atoms with Gasteiger partial charge in [-0.15, -0.1) is 0 Å². The number of hydrogen-bond donors (Lipinski definition) is 17. The summed E-state index contributed by atoms with van der Waals surface area (Å²) < 4.78 is 0. The average Bonchev–Trinajstić information content (AvgIpc) is 3.84. The van der Waals surface area contributed by atoms with E-state index in [9.17, 15) is 82.4 Å². The lowest BCUT2D eigenvalue weighted by molar-refractivity contribution is -0.143. The van der Waals surface area contributed by atoms with Crippen LogP contribution in [0.4, 0.5) is 0 Å². The van der Waals surface area contributed by atoms with Crippen LogP contribution >= 0.6 is 0 Å². The molecule has 2 aliphatic rings. The van der Waals surface area contributed by atoms with Gasteiger partial charge in [-0.05, 0) is 108 Å². The largest absolute Gasteiger partial charge is 0.481 e. The van der Waals surface area contributed by atoms with Gasteiger partial charge in [0.2, 0.25) is 70.9 Å². The molecule has 2 saturated heterocycles. The van der Waals surface area contributed by atoms with Crippen LogP contribution in [0.25, 0.3) is 0 Å². The van der Waals surface area contributed by atoms with E-state index in [4.69, 9.17) is 22.3 Å². The summed E-state index contributed by atoms with van der Waals surface area (Å²) >= 11 is 0. The molecule has 0 saturated carbocycles. The molecule has 0 aromatic rings. The number of carbonyl (C=O) groups excluding carboxylic acids is 12. The summed E-state index contributed by atoms with van der Waals surface area (Å²) in [5.74, 6) is -14.3. The molecule has 11 atom stereocenters. The number of carbonyl (C=O) groups is 14. The Hall–Kier alpha value is -7.62. The first kappa shape index (κ1) is 76.5. The molecule has 2 fully saturated rings. The summed E-state index contributed by atoms with van der Waals surface area (Å²) in [6.45, 7) is 8.75. The highest BCUT2D eigenvalue weighted by Crippen LogP contribution is 2.22. The van der Waals surface area contributed by atoms with Crippen molar-refractivity contribution in [2.24, 2.45) is 35.0 Å². The van der Waals surface area contributed by atoms with Gasteiger partial charge in [-0.25, -0.2) is 4.79 Å². The first-order chi connectivity index (χ1) is 41.4. The van der Waals surface area contributed by atoms with Gasteiger partial charge in [-0.1, -0.05) is 41.5 Å². The fraction of sp³-hybridized carbons (Fsp3) is 0.745. The van der Waals surface area contributed by atoms with Crippen LogP contribution in [0.2, 0.25) is 0 Å². The van der Waals surface area contributed by atoms with E-state index in [1.165, 1.54) is 16.7 Å². The number of nitrogens with two attached hydrogens (primary N) is 3. The number of carboxylic acids is 2. The van der Waals surface area contributed by atoms with Crippen molar-refractivity contribution in [3.8, 4) is 0 Å². The smallest absolute Gasteiger partial charge is 0.326 e. The van der Waals surface area contributed by atoms with E-state index in [1.807, 2.05) is 0 Å². The van der Waals surface area contributed by atoms with Crippen LogP contribution in [0.5, 0.6) is 0 Å². The fourth-order valence-corrected chi connectivity index (χ4v) is 9.64. The Bertz CT molecular complexity index is 2430. The van der Waals surface area contributed by atoms with E-state index in [0.29, 0.717) is 45.1 Å². The van der Waals surface area contributed by atoms with Gasteiger partial charge in [0.25, 0.3) is 0 Å². The first-order valence-electron chi connectivity index (χ1n) is 29.8. The zero-order chi connectivity index (χ0) is 66.5. The second-order valence-electron chi connectivity index (χ2n) is 22.9. The lowest BCUT2D eigenvalue weighted by Gasteiger charge is -2.31. The summed E-state index contributed by atoms with van der Waals surface area (Å²) in [6.07, 6.45) is 1.91. The van der Waals surface area contributed by atoms with E-state index in [2.05, 4.69) is 53.2 Å². The summed E-state index contributed by atoms with van der Waals surface area (Å²) in [4.78, 5) is 187. The molecule has 2 aliphatic heterocycles. The van der Waals surface area contributed by atoms with Crippen LogP contribution in [-0.4, -0.2) is 232 Å². The van der Waals surface area contributed by atoms with E-state index >= 15 is 0 Å². The molecule has 2 heterocycles. The zero-order valence-electron chi connectivity index (χ0n) is 51.4. The van der Waals surface area contributed by atoms with Crippen molar-refractivity contribution in [3.05, 3.63) is 0 Å². The maximum absolute atomic E-state index is 14.4. The number of nitrogens with zero attached hydrogens (tertiary/aromatic N) is 2. The van der Waals surface area contributed by atoms with Crippen molar-refractivity contribution in [1.82, 2.24) is 63.0 Å². The normalized spacial score (nSPS) is 17.8. The molecule has 0 aromatic carbocycles. The molecule has 0 aliphatic carbocycles. The lowest BCUT2D eigenvalue weighted by Crippen LogP contribution is -2.61. The molecule has 0 bridgehead atoms. The molecule has 88 heavy (non-hydrogen) atoms. The summed E-state index contributed by atoms with van der Waals surface area (Å²) in [5.41, 5.74) is 16.7. The Labute approximate surface area is 511 Å². The van der Waals surface area contributed by atoms with Crippen molar-refractivity contribution in [3.63, 3.8) is 0 Å². The molecule has 2 rings (SSSR count). The molecule has 0 spiro atoms. The monoisotopic (exact) mass is 1250 g/mol. The Kier molecular flexibility index (Phi) is 33.6. The standard InChI is InChI=1S/C55H95N15O18/c1-28(2)42(52(84)64-35(55(87)88)15-9-11-21-57)67-48(80)36(27-72)65-45(77)31(7)61-39(73)24-59-49(81)37-16-13-23-70(37)54(86)34(14-8-10-20-56)63-51(83)43(29(3)4)68-53(85)44(30(5)6)66-47(79)33(18-19-41(75)76)62-50(82)38-17-12-22-69(38)40(74)25-60-46(78)32(58)26-71/h28-38,42-44,71-72H,8-27,56-58H2,1-7H3,(H,59,81)(H,60,78)(H,61,73)(H,62,82)(H,63,83)(H,64,84)(H,65,77)(H,66,79)(H,67,80)(H,68,85)(H,75,76)(H,87,88)/t31-,32-,33-,34-,35-,36-,37-,38-,42-,43-,44-/m0/s1. The molecule has 0 aromatic heterocycles. The maximum atomic E-state index is 14.4. The van der Waals surface area contributed by atoms with Gasteiger partial charge < -0.3 is 101 Å².